The highest BCUT2D eigenvalue weighted by atomic mass is 35.5. The number of aliphatic hydroxyl groups excluding tert-OH is 3. The van der Waals surface area contributed by atoms with Crippen molar-refractivity contribution >= 4 is 30.4 Å². The number of nitrogens with zero attached hydrogens (tertiary/aromatic N) is 4. The number of rotatable bonds is 9. The predicted molar refractivity (Wildman–Crippen MR) is 95.1 cm³/mol. The summed E-state index contributed by atoms with van der Waals surface area (Å²) in [5.74, 6) is -1.56. The fourth-order valence-corrected chi connectivity index (χ4v) is 3.42. The van der Waals surface area contributed by atoms with Crippen LogP contribution in [0.4, 0.5) is 0 Å². The Morgan fingerprint density at radius 2 is 1.93 bits per heavy atom. The van der Waals surface area contributed by atoms with Crippen LogP contribution in [0.2, 0.25) is 5.15 Å². The molecule has 0 amide bonds. The SMILES string of the molecule is COC(CC(C)OP(=O)(O)C(C)O)[C@@H](O)C(O)n1cnc2c(Cl)ncnc21. The Morgan fingerprint density at radius 3 is 2.52 bits per heavy atom. The van der Waals surface area contributed by atoms with E-state index < -0.39 is 38.0 Å². The topological polar surface area (TPSA) is 160 Å². The molecule has 0 aromatic carbocycles. The lowest BCUT2D eigenvalue weighted by Gasteiger charge is -2.29. The summed E-state index contributed by atoms with van der Waals surface area (Å²) in [6, 6.07) is 0. The third kappa shape index (κ3) is 5.01. The fraction of sp³-hybridized carbons (Fsp3) is 0.643. The van der Waals surface area contributed by atoms with E-state index in [-0.39, 0.29) is 22.7 Å². The molecule has 2 aromatic heterocycles. The molecule has 13 heteroatoms. The standard InChI is InChI=1S/C14H22ClN4O7P/c1-7(26-27(23,24)8(2)20)4-9(25-3)11(21)14(22)19-6-18-10-12(15)16-5-17-13(10)19/h5-9,11,14,20-22H,4H2,1-3H3,(H,23,24)/t7?,8?,9?,11-,14?/m1/s1. The average Bonchev–Trinajstić information content (AvgIpc) is 3.03. The number of imidazole rings is 1. The molecule has 2 rings (SSSR count). The molecule has 0 aliphatic carbocycles. The quantitative estimate of drug-likeness (QED) is 0.332. The van der Waals surface area contributed by atoms with Gasteiger partial charge in [0.25, 0.3) is 0 Å². The van der Waals surface area contributed by atoms with Gasteiger partial charge >= 0.3 is 7.60 Å². The molecule has 0 spiro atoms. The van der Waals surface area contributed by atoms with E-state index in [9.17, 15) is 24.8 Å². The van der Waals surface area contributed by atoms with Gasteiger partial charge in [-0.25, -0.2) is 15.0 Å². The second kappa shape index (κ2) is 8.89. The van der Waals surface area contributed by atoms with Crippen molar-refractivity contribution in [1.29, 1.82) is 0 Å². The summed E-state index contributed by atoms with van der Waals surface area (Å²) in [5.41, 5.74) is 0.476. The third-order valence-electron chi connectivity index (χ3n) is 3.96. The minimum absolute atomic E-state index is 0.0334. The van der Waals surface area contributed by atoms with Crippen molar-refractivity contribution in [3.05, 3.63) is 17.8 Å². The lowest BCUT2D eigenvalue weighted by Crippen LogP contribution is -2.38. The molecule has 0 radical (unpaired) electrons. The summed E-state index contributed by atoms with van der Waals surface area (Å²) in [4.78, 5) is 21.4. The zero-order valence-electron chi connectivity index (χ0n) is 14.9. The number of fused-ring (bicyclic) bond motifs is 1. The van der Waals surface area contributed by atoms with Crippen LogP contribution in [0, 0.1) is 0 Å². The molecule has 0 fully saturated rings. The molecule has 2 heterocycles. The number of halogens is 1. The zero-order chi connectivity index (χ0) is 20.4. The Kier molecular flexibility index (Phi) is 7.28. The van der Waals surface area contributed by atoms with E-state index in [0.717, 1.165) is 6.92 Å². The van der Waals surface area contributed by atoms with Crippen LogP contribution in [0.3, 0.4) is 0 Å². The molecule has 4 N–H and O–H groups in total. The number of aliphatic hydroxyl groups is 3. The van der Waals surface area contributed by atoms with Crippen LogP contribution < -0.4 is 0 Å². The minimum Gasteiger partial charge on any atom is -0.386 e. The Hall–Kier alpha value is -1.17. The number of hydrogen-bond acceptors (Lipinski definition) is 9. The molecule has 0 bridgehead atoms. The molecule has 11 nitrogen and oxygen atoms in total. The van der Waals surface area contributed by atoms with E-state index in [1.165, 1.54) is 31.3 Å². The molecule has 5 unspecified atom stereocenters. The van der Waals surface area contributed by atoms with E-state index in [2.05, 4.69) is 15.0 Å². The van der Waals surface area contributed by atoms with Gasteiger partial charge < -0.3 is 29.5 Å². The van der Waals surface area contributed by atoms with E-state index in [1.807, 2.05) is 0 Å². The molecule has 152 valence electrons. The highest BCUT2D eigenvalue weighted by Gasteiger charge is 2.34. The van der Waals surface area contributed by atoms with Crippen LogP contribution in [0.1, 0.15) is 26.5 Å². The molecule has 0 saturated heterocycles. The van der Waals surface area contributed by atoms with E-state index in [0.29, 0.717) is 0 Å². The molecule has 2 aromatic rings. The van der Waals surface area contributed by atoms with Gasteiger partial charge in [0, 0.05) is 13.5 Å². The van der Waals surface area contributed by atoms with Gasteiger partial charge in [-0.2, -0.15) is 0 Å². The summed E-state index contributed by atoms with van der Waals surface area (Å²) in [7, 11) is -2.91. The second-order valence-corrected chi connectivity index (χ2v) is 8.46. The molecular formula is C14H22ClN4O7P. The van der Waals surface area contributed by atoms with Crippen LogP contribution in [-0.2, 0) is 13.8 Å². The van der Waals surface area contributed by atoms with Crippen molar-refractivity contribution < 1.29 is 34.0 Å². The maximum atomic E-state index is 11.8. The first-order valence-electron chi connectivity index (χ1n) is 7.99. The van der Waals surface area contributed by atoms with Crippen LogP contribution in [0.25, 0.3) is 11.2 Å². The zero-order valence-corrected chi connectivity index (χ0v) is 16.5. The first kappa shape index (κ1) is 22.1. The molecule has 0 aliphatic heterocycles. The van der Waals surface area contributed by atoms with E-state index in [4.69, 9.17) is 20.9 Å². The Morgan fingerprint density at radius 1 is 1.26 bits per heavy atom. The van der Waals surface area contributed by atoms with Gasteiger partial charge in [-0.3, -0.25) is 9.13 Å². The van der Waals surface area contributed by atoms with Crippen molar-refractivity contribution in [2.24, 2.45) is 0 Å². The van der Waals surface area contributed by atoms with Crippen LogP contribution in [0.15, 0.2) is 12.7 Å². The Labute approximate surface area is 160 Å². The predicted octanol–water partition coefficient (Wildman–Crippen LogP) is 0.665. The number of ether oxygens (including phenoxy) is 1. The molecule has 0 saturated carbocycles. The largest absolute Gasteiger partial charge is 0.386 e. The van der Waals surface area contributed by atoms with E-state index >= 15 is 0 Å². The summed E-state index contributed by atoms with van der Waals surface area (Å²) in [6.45, 7) is 2.62. The summed E-state index contributed by atoms with van der Waals surface area (Å²) in [5, 5.41) is 30.4. The highest BCUT2D eigenvalue weighted by Crippen LogP contribution is 2.47. The number of methoxy groups -OCH3 is 1. The summed E-state index contributed by atoms with van der Waals surface area (Å²) < 4.78 is 23.1. The van der Waals surface area contributed by atoms with Gasteiger partial charge in [0.2, 0.25) is 0 Å². The van der Waals surface area contributed by atoms with Crippen LogP contribution in [0.5, 0.6) is 0 Å². The van der Waals surface area contributed by atoms with Gasteiger partial charge in [0.1, 0.15) is 17.9 Å². The smallest absolute Gasteiger partial charge is 0.356 e. The average molecular weight is 425 g/mol. The molecule has 0 aliphatic rings. The maximum absolute atomic E-state index is 11.8. The molecule has 27 heavy (non-hydrogen) atoms. The fourth-order valence-electron chi connectivity index (χ4n) is 2.46. The Balaban J connectivity index is 2.14. The van der Waals surface area contributed by atoms with Gasteiger partial charge in [-0.15, -0.1) is 0 Å². The van der Waals surface area contributed by atoms with Crippen molar-refractivity contribution in [1.82, 2.24) is 19.5 Å². The second-order valence-electron chi connectivity index (χ2n) is 6.01. The Bertz CT molecular complexity index is 820. The van der Waals surface area contributed by atoms with Crippen molar-refractivity contribution in [2.45, 2.75) is 50.7 Å². The van der Waals surface area contributed by atoms with Crippen molar-refractivity contribution in [3.63, 3.8) is 0 Å². The van der Waals surface area contributed by atoms with Crippen LogP contribution >= 0.6 is 19.2 Å². The number of hydrogen-bond donors (Lipinski definition) is 4. The van der Waals surface area contributed by atoms with Crippen LogP contribution in [-0.4, -0.2) is 71.0 Å². The first-order valence-corrected chi connectivity index (χ1v) is 10.0. The van der Waals surface area contributed by atoms with Gasteiger partial charge in [0.05, 0.1) is 18.5 Å². The molecular weight excluding hydrogens is 403 g/mol. The lowest BCUT2D eigenvalue weighted by molar-refractivity contribution is -0.111. The normalized spacial score (nSPS) is 20.0. The van der Waals surface area contributed by atoms with Crippen molar-refractivity contribution in [3.8, 4) is 0 Å². The summed E-state index contributed by atoms with van der Waals surface area (Å²) in [6.07, 6.45) is -2.33. The minimum atomic E-state index is -4.22. The highest BCUT2D eigenvalue weighted by molar-refractivity contribution is 7.53. The first-order chi connectivity index (χ1) is 12.6. The maximum Gasteiger partial charge on any atom is 0.356 e. The van der Waals surface area contributed by atoms with E-state index in [1.54, 1.807) is 0 Å². The van der Waals surface area contributed by atoms with Gasteiger partial charge in [-0.1, -0.05) is 11.6 Å². The monoisotopic (exact) mass is 424 g/mol. The molecule has 6 atom stereocenters. The lowest BCUT2D eigenvalue weighted by atomic mass is 10.1. The van der Waals surface area contributed by atoms with Gasteiger partial charge in [-0.05, 0) is 13.8 Å². The van der Waals surface area contributed by atoms with Gasteiger partial charge in [0.15, 0.2) is 22.9 Å². The number of aromatic nitrogens is 4. The van der Waals surface area contributed by atoms with Crippen molar-refractivity contribution in [2.75, 3.05) is 7.11 Å². The third-order valence-corrected chi connectivity index (χ3v) is 5.84. The summed E-state index contributed by atoms with van der Waals surface area (Å²) >= 11 is 5.92.